The van der Waals surface area contributed by atoms with Gasteiger partial charge in [-0.2, -0.15) is 0 Å². The Kier molecular flexibility index (Phi) is 45.4. The molecule has 0 amide bonds. The Hall–Kier alpha value is -3.19. The Balaban J connectivity index is 0.00000115. The molecule has 0 aliphatic carbocycles. The van der Waals surface area contributed by atoms with Gasteiger partial charge in [0, 0.05) is 36.5 Å². The van der Waals surface area contributed by atoms with E-state index in [0.717, 1.165) is 116 Å². The van der Waals surface area contributed by atoms with Crippen molar-refractivity contribution in [2.75, 3.05) is 79.3 Å². The van der Waals surface area contributed by atoms with Crippen molar-refractivity contribution in [3.8, 4) is 34.5 Å². The molecule has 0 aliphatic heterocycles. The number of benzene rings is 3. The smallest absolute Gasteiger partial charge is 0.723 e. The van der Waals surface area contributed by atoms with Gasteiger partial charge in [0.05, 0.1) is 59.5 Å². The molecule has 0 N–H and O–H groups in total. The van der Waals surface area contributed by atoms with Crippen LogP contribution in [-0.4, -0.2) is 79.3 Å². The number of unbranched alkanes of at least 4 members (excludes halogenated alkanes) is 9. The maximum absolute atomic E-state index is 11.6. The van der Waals surface area contributed by atoms with E-state index in [1.54, 1.807) is 20.8 Å². The van der Waals surface area contributed by atoms with Crippen LogP contribution in [0.4, 0.5) is 0 Å². The minimum atomic E-state index is -1.13. The first kappa shape index (κ1) is 75.8. The number of hydrogen-bond donors (Lipinski definition) is 0. The van der Waals surface area contributed by atoms with Crippen LogP contribution in [0.2, 0.25) is 0 Å². The van der Waals surface area contributed by atoms with Crippen molar-refractivity contribution in [2.24, 2.45) is 0 Å². The van der Waals surface area contributed by atoms with Gasteiger partial charge in [-0.3, -0.25) is 0 Å². The standard InChI is InChI=1S/3C21H36O5.Ti/c3*1-5-8-14-23-17-21(4,26-22)18-12-11-13-19(24-15-9-6-2)20(18)25-16-10-7-3;/h3*11-13,22H,5-10,14-17H2,1-4H3;/q;;;+3/p-3. The van der Waals surface area contributed by atoms with Crippen molar-refractivity contribution in [1.29, 1.82) is 0 Å². The van der Waals surface area contributed by atoms with E-state index in [4.69, 9.17) is 42.6 Å². The molecule has 3 unspecified atom stereocenters. The van der Waals surface area contributed by atoms with Crippen molar-refractivity contribution >= 4 is 0 Å². The molecule has 0 saturated heterocycles. The van der Waals surface area contributed by atoms with Crippen molar-refractivity contribution in [3.63, 3.8) is 0 Å². The van der Waals surface area contributed by atoms with Crippen LogP contribution in [-0.2, 0) is 67.4 Å². The van der Waals surface area contributed by atoms with Crippen LogP contribution in [0.1, 0.15) is 215 Å². The first-order chi connectivity index (χ1) is 37.9. The average Bonchev–Trinajstić information content (AvgIpc) is 3.51. The van der Waals surface area contributed by atoms with Gasteiger partial charge >= 0.3 is 21.7 Å². The minimum Gasteiger partial charge on any atom is -0.723 e. The van der Waals surface area contributed by atoms with Gasteiger partial charge in [-0.25, -0.2) is 0 Å². The van der Waals surface area contributed by atoms with E-state index >= 15 is 0 Å². The summed E-state index contributed by atoms with van der Waals surface area (Å²) in [5.41, 5.74) is -1.35. The summed E-state index contributed by atoms with van der Waals surface area (Å²) in [5.74, 6) is 3.75. The van der Waals surface area contributed by atoms with Gasteiger partial charge in [0.15, 0.2) is 34.5 Å². The summed E-state index contributed by atoms with van der Waals surface area (Å²) in [7, 11) is 0. The molecule has 16 heteroatoms. The third-order valence-corrected chi connectivity index (χ3v) is 12.8. The molecule has 0 fully saturated rings. The number of para-hydroxylation sites is 3. The van der Waals surface area contributed by atoms with Crippen LogP contribution in [0.5, 0.6) is 34.5 Å². The molecule has 3 aromatic rings. The van der Waals surface area contributed by atoms with E-state index in [1.165, 1.54) is 0 Å². The second kappa shape index (κ2) is 47.3. The molecule has 0 aliphatic rings. The fraction of sp³-hybridized carbons (Fsp3) is 0.714. The van der Waals surface area contributed by atoms with Crippen LogP contribution in [0.15, 0.2) is 54.6 Å². The van der Waals surface area contributed by atoms with Gasteiger partial charge in [-0.1, -0.05) is 156 Å². The predicted octanol–water partition coefficient (Wildman–Crippen LogP) is 13.1. The molecule has 79 heavy (non-hydrogen) atoms. The van der Waals surface area contributed by atoms with Crippen molar-refractivity contribution in [3.05, 3.63) is 71.3 Å². The molecule has 0 aromatic heterocycles. The number of rotatable bonds is 45. The van der Waals surface area contributed by atoms with Gasteiger partial charge in [0.25, 0.3) is 0 Å². The van der Waals surface area contributed by atoms with Gasteiger partial charge in [0.1, 0.15) is 16.8 Å². The summed E-state index contributed by atoms with van der Waals surface area (Å²) in [6.45, 7) is 30.1. The minimum absolute atomic E-state index is 0. The second-order valence-electron chi connectivity index (χ2n) is 20.3. The zero-order valence-electron chi connectivity index (χ0n) is 51.0. The zero-order chi connectivity index (χ0) is 57.8. The second-order valence-corrected chi connectivity index (χ2v) is 20.3. The summed E-state index contributed by atoms with van der Waals surface area (Å²) < 4.78 is 52.8. The van der Waals surface area contributed by atoms with E-state index in [2.05, 4.69) is 77.0 Å². The van der Waals surface area contributed by atoms with E-state index in [0.29, 0.717) is 111 Å². The summed E-state index contributed by atoms with van der Waals surface area (Å²) in [6, 6.07) is 16.8. The van der Waals surface area contributed by atoms with Gasteiger partial charge in [0.2, 0.25) is 0 Å². The normalized spacial score (nSPS) is 13.3. The molecule has 3 rings (SSSR count). The monoisotopic (exact) mass is 1150 g/mol. The number of ether oxygens (including phenoxy) is 9. The van der Waals surface area contributed by atoms with Crippen molar-refractivity contribution in [1.82, 2.24) is 0 Å². The van der Waals surface area contributed by atoms with Gasteiger partial charge in [-0.15, -0.1) is 0 Å². The summed E-state index contributed by atoms with van der Waals surface area (Å²) in [4.78, 5) is 13.9. The molecule has 0 bridgehead atoms. The maximum atomic E-state index is 11.6. The molecule has 3 aromatic carbocycles. The molecule has 3 atom stereocenters. The molecular weight excluding hydrogens is 1040 g/mol. The summed E-state index contributed by atoms with van der Waals surface area (Å²) >= 11 is 0. The third kappa shape index (κ3) is 29.1. The van der Waals surface area contributed by atoms with E-state index in [9.17, 15) is 15.8 Å². The molecule has 451 valence electrons. The van der Waals surface area contributed by atoms with Gasteiger partial charge < -0.3 is 73.1 Å². The van der Waals surface area contributed by atoms with Crippen LogP contribution in [0.25, 0.3) is 0 Å². The van der Waals surface area contributed by atoms with E-state index in [-0.39, 0.29) is 41.5 Å². The van der Waals surface area contributed by atoms with Crippen molar-refractivity contribution < 1.29 is 94.8 Å². The largest absolute Gasteiger partial charge is 3.00 e. The Bertz CT molecular complexity index is 1690. The first-order valence-electron chi connectivity index (χ1n) is 29.7. The van der Waals surface area contributed by atoms with Crippen molar-refractivity contribution in [2.45, 2.75) is 215 Å². The van der Waals surface area contributed by atoms with Crippen LogP contribution < -0.4 is 44.2 Å². The average molecular weight is 1150 g/mol. The van der Waals surface area contributed by atoms with E-state index < -0.39 is 16.8 Å². The zero-order valence-corrected chi connectivity index (χ0v) is 52.6. The fourth-order valence-electron chi connectivity index (χ4n) is 7.50. The Morgan fingerprint density at radius 2 is 0.506 bits per heavy atom. The molecule has 0 heterocycles. The molecule has 0 saturated carbocycles. The Morgan fingerprint density at radius 1 is 0.304 bits per heavy atom. The molecule has 0 spiro atoms. The molecule has 15 nitrogen and oxygen atoms in total. The molecular formula is C63H105O15Ti. The maximum Gasteiger partial charge on any atom is 3.00 e. The van der Waals surface area contributed by atoms with E-state index in [1.807, 2.05) is 54.6 Å². The Morgan fingerprint density at radius 3 is 0.709 bits per heavy atom. The third-order valence-electron chi connectivity index (χ3n) is 12.8. The van der Waals surface area contributed by atoms with Gasteiger partial charge in [-0.05, 0) is 96.8 Å². The predicted molar refractivity (Wildman–Crippen MR) is 304 cm³/mol. The summed E-state index contributed by atoms with van der Waals surface area (Å²) in [5, 5.41) is 34.8. The van der Waals surface area contributed by atoms with Crippen LogP contribution in [0.3, 0.4) is 0 Å². The SMILES string of the molecule is CCCCOCC(C)(O[O-])c1cccc(OCCCC)c1OCCCC.CCCCOCC(C)(O[O-])c1cccc(OCCCC)c1OCCCC.CCCCOCC(C)(O[O-])c1cccc(OCCCC)c1OCCCC.[Ti+3]. The quantitative estimate of drug-likeness (QED) is 0.0225. The Labute approximate surface area is 493 Å². The summed E-state index contributed by atoms with van der Waals surface area (Å²) in [6.07, 6.45) is 17.9. The van der Waals surface area contributed by atoms with Crippen LogP contribution in [0, 0.1) is 0 Å². The first-order valence-corrected chi connectivity index (χ1v) is 29.7. The fourth-order valence-corrected chi connectivity index (χ4v) is 7.50. The number of hydrogen-bond acceptors (Lipinski definition) is 15. The molecule has 1 radical (unpaired) electrons. The van der Waals surface area contributed by atoms with Crippen LogP contribution >= 0.6 is 0 Å². The topological polar surface area (TPSA) is 180 Å².